The van der Waals surface area contributed by atoms with Gasteiger partial charge in [0.15, 0.2) is 0 Å². The number of anilines is 4. The van der Waals surface area contributed by atoms with Gasteiger partial charge in [-0.3, -0.25) is 0 Å². The molecule has 0 saturated carbocycles. The number of hydrogen-bond acceptors (Lipinski definition) is 5. The van der Waals surface area contributed by atoms with Crippen molar-refractivity contribution in [1.29, 1.82) is 0 Å². The quantitative estimate of drug-likeness (QED) is 0.731. The molecule has 1 aromatic heterocycles. The third-order valence-corrected chi connectivity index (χ3v) is 5.18. The first kappa shape index (κ1) is 18.3. The van der Waals surface area contributed by atoms with Crippen molar-refractivity contribution in [3.05, 3.63) is 71.4 Å². The van der Waals surface area contributed by atoms with E-state index in [0.717, 1.165) is 49.3 Å². The predicted molar refractivity (Wildman–Crippen MR) is 117 cm³/mol. The van der Waals surface area contributed by atoms with E-state index in [9.17, 15) is 0 Å². The van der Waals surface area contributed by atoms with E-state index in [-0.39, 0.29) is 0 Å². The van der Waals surface area contributed by atoms with E-state index in [1.54, 1.807) is 0 Å². The maximum absolute atomic E-state index is 4.81. The molecule has 0 atom stereocenters. The van der Waals surface area contributed by atoms with Gasteiger partial charge in [0.05, 0.1) is 0 Å². The van der Waals surface area contributed by atoms with Crippen molar-refractivity contribution in [3.8, 4) is 0 Å². The Kier molecular flexibility index (Phi) is 5.15. The molecule has 1 saturated heterocycles. The number of para-hydroxylation sites is 1. The smallest absolute Gasteiger partial charge is 0.227 e. The number of nitrogens with zero attached hydrogens (tertiary/aromatic N) is 4. The molecule has 1 fully saturated rings. The number of rotatable bonds is 4. The molecule has 144 valence electrons. The maximum Gasteiger partial charge on any atom is 0.227 e. The van der Waals surface area contributed by atoms with Gasteiger partial charge in [-0.15, -0.1) is 0 Å². The molecule has 5 nitrogen and oxygen atoms in total. The zero-order valence-corrected chi connectivity index (χ0v) is 16.8. The standard InChI is InChI=1S/C23H27N5/c1-17-9-10-18(2)21(15-17)25-22-16-19(3)24-23(26-22)28-13-11-27(12-14-28)20-7-5-4-6-8-20/h4-10,15-16H,11-14H2,1-3H3,(H,24,25,26). The van der Waals surface area contributed by atoms with Crippen LogP contribution in [0.3, 0.4) is 0 Å². The molecule has 3 aromatic rings. The highest BCUT2D eigenvalue weighted by atomic mass is 15.3. The highest BCUT2D eigenvalue weighted by Crippen LogP contribution is 2.24. The fourth-order valence-electron chi connectivity index (χ4n) is 3.57. The number of hydrogen-bond donors (Lipinski definition) is 1. The van der Waals surface area contributed by atoms with Crippen LogP contribution in [-0.4, -0.2) is 36.1 Å². The average Bonchev–Trinajstić information content (AvgIpc) is 2.71. The summed E-state index contributed by atoms with van der Waals surface area (Å²) in [5, 5.41) is 3.48. The highest BCUT2D eigenvalue weighted by molar-refractivity contribution is 5.62. The summed E-state index contributed by atoms with van der Waals surface area (Å²) >= 11 is 0. The molecule has 0 aliphatic carbocycles. The maximum atomic E-state index is 4.81. The van der Waals surface area contributed by atoms with Crippen molar-refractivity contribution in [2.45, 2.75) is 20.8 Å². The number of aryl methyl sites for hydroxylation is 3. The average molecular weight is 374 g/mol. The third-order valence-electron chi connectivity index (χ3n) is 5.18. The van der Waals surface area contributed by atoms with Gasteiger partial charge in [0.2, 0.25) is 5.95 Å². The summed E-state index contributed by atoms with van der Waals surface area (Å²) in [6.07, 6.45) is 0. The molecule has 0 spiro atoms. The van der Waals surface area contributed by atoms with Gasteiger partial charge in [0.25, 0.3) is 0 Å². The summed E-state index contributed by atoms with van der Waals surface area (Å²) in [5.74, 6) is 1.65. The van der Waals surface area contributed by atoms with Gasteiger partial charge in [-0.25, -0.2) is 4.98 Å². The molecular formula is C23H27N5. The summed E-state index contributed by atoms with van der Waals surface area (Å²) in [4.78, 5) is 14.2. The van der Waals surface area contributed by atoms with Crippen LogP contribution in [0.2, 0.25) is 0 Å². The first-order valence-electron chi connectivity index (χ1n) is 9.83. The van der Waals surface area contributed by atoms with Crippen molar-refractivity contribution in [2.75, 3.05) is 41.3 Å². The van der Waals surface area contributed by atoms with Crippen molar-refractivity contribution >= 4 is 23.1 Å². The number of benzene rings is 2. The molecule has 0 unspecified atom stereocenters. The Bertz CT molecular complexity index is 946. The van der Waals surface area contributed by atoms with Crippen LogP contribution in [0.15, 0.2) is 54.6 Å². The van der Waals surface area contributed by atoms with E-state index < -0.39 is 0 Å². The Morgan fingerprint density at radius 2 is 1.50 bits per heavy atom. The van der Waals surface area contributed by atoms with Gasteiger partial charge >= 0.3 is 0 Å². The molecule has 0 amide bonds. The monoisotopic (exact) mass is 373 g/mol. The molecule has 5 heteroatoms. The van der Waals surface area contributed by atoms with Crippen molar-refractivity contribution in [2.24, 2.45) is 0 Å². The Morgan fingerprint density at radius 1 is 0.786 bits per heavy atom. The Hall–Kier alpha value is -3.08. The van der Waals surface area contributed by atoms with Gasteiger partial charge in [-0.2, -0.15) is 4.98 Å². The Balaban J connectivity index is 1.49. The van der Waals surface area contributed by atoms with Crippen LogP contribution in [0.5, 0.6) is 0 Å². The molecule has 2 aromatic carbocycles. The normalized spacial score (nSPS) is 14.2. The van der Waals surface area contributed by atoms with Crippen LogP contribution in [0.4, 0.5) is 23.1 Å². The molecule has 0 bridgehead atoms. The highest BCUT2D eigenvalue weighted by Gasteiger charge is 2.20. The van der Waals surface area contributed by atoms with E-state index in [2.05, 4.69) is 77.5 Å². The zero-order valence-electron chi connectivity index (χ0n) is 16.8. The topological polar surface area (TPSA) is 44.3 Å². The van der Waals surface area contributed by atoms with E-state index in [0.29, 0.717) is 0 Å². The summed E-state index contributed by atoms with van der Waals surface area (Å²) in [6, 6.07) is 19.0. The van der Waals surface area contributed by atoms with Gasteiger partial charge in [0, 0.05) is 49.3 Å². The van der Waals surface area contributed by atoms with Crippen molar-refractivity contribution in [1.82, 2.24) is 9.97 Å². The summed E-state index contributed by atoms with van der Waals surface area (Å²) < 4.78 is 0. The van der Waals surface area contributed by atoms with Gasteiger partial charge in [-0.1, -0.05) is 30.3 Å². The first-order valence-corrected chi connectivity index (χ1v) is 9.83. The lowest BCUT2D eigenvalue weighted by Gasteiger charge is -2.36. The SMILES string of the molecule is Cc1ccc(C)c(Nc2cc(C)nc(N3CCN(c4ccccc4)CC3)n2)c1. The fraction of sp³-hybridized carbons (Fsp3) is 0.304. The van der Waals surface area contributed by atoms with Crippen LogP contribution in [0, 0.1) is 20.8 Å². The lowest BCUT2D eigenvalue weighted by molar-refractivity contribution is 0.639. The first-order chi connectivity index (χ1) is 13.6. The summed E-state index contributed by atoms with van der Waals surface area (Å²) in [7, 11) is 0. The molecule has 1 N–H and O–H groups in total. The lowest BCUT2D eigenvalue weighted by Crippen LogP contribution is -2.47. The fourth-order valence-corrected chi connectivity index (χ4v) is 3.57. The van der Waals surface area contributed by atoms with Crippen molar-refractivity contribution < 1.29 is 0 Å². The Labute approximate surface area is 167 Å². The zero-order chi connectivity index (χ0) is 19.5. The van der Waals surface area contributed by atoms with Crippen LogP contribution >= 0.6 is 0 Å². The second-order valence-corrected chi connectivity index (χ2v) is 7.45. The largest absolute Gasteiger partial charge is 0.368 e. The molecule has 0 radical (unpaired) electrons. The van der Waals surface area contributed by atoms with E-state index in [1.165, 1.54) is 16.8 Å². The molecule has 4 rings (SSSR count). The molecular weight excluding hydrogens is 346 g/mol. The molecule has 1 aliphatic rings. The number of aromatic nitrogens is 2. The minimum atomic E-state index is 0.806. The van der Waals surface area contributed by atoms with Crippen LogP contribution < -0.4 is 15.1 Å². The minimum Gasteiger partial charge on any atom is -0.368 e. The second kappa shape index (κ2) is 7.89. The predicted octanol–water partition coefficient (Wildman–Crippen LogP) is 4.47. The molecule has 2 heterocycles. The summed E-state index contributed by atoms with van der Waals surface area (Å²) in [5.41, 5.74) is 5.79. The van der Waals surface area contributed by atoms with Crippen LogP contribution in [-0.2, 0) is 0 Å². The van der Waals surface area contributed by atoms with Crippen LogP contribution in [0.25, 0.3) is 0 Å². The lowest BCUT2D eigenvalue weighted by atomic mass is 10.1. The van der Waals surface area contributed by atoms with E-state index in [4.69, 9.17) is 9.97 Å². The Morgan fingerprint density at radius 3 is 2.25 bits per heavy atom. The third kappa shape index (κ3) is 4.09. The summed E-state index contributed by atoms with van der Waals surface area (Å²) in [6.45, 7) is 10.0. The molecule has 1 aliphatic heterocycles. The van der Waals surface area contributed by atoms with Crippen LogP contribution in [0.1, 0.15) is 16.8 Å². The van der Waals surface area contributed by atoms with Gasteiger partial charge < -0.3 is 15.1 Å². The van der Waals surface area contributed by atoms with Gasteiger partial charge in [0.1, 0.15) is 5.82 Å². The number of nitrogens with one attached hydrogen (secondary N) is 1. The van der Waals surface area contributed by atoms with E-state index in [1.807, 2.05) is 13.0 Å². The number of piperazine rings is 1. The van der Waals surface area contributed by atoms with Gasteiger partial charge in [-0.05, 0) is 50.1 Å². The van der Waals surface area contributed by atoms with E-state index >= 15 is 0 Å². The second-order valence-electron chi connectivity index (χ2n) is 7.45. The van der Waals surface area contributed by atoms with Crippen molar-refractivity contribution in [3.63, 3.8) is 0 Å². The minimum absolute atomic E-state index is 0.806. The molecule has 28 heavy (non-hydrogen) atoms.